The molecule has 1 nitrogen and oxygen atoms in total. The molecule has 0 radical (unpaired) electrons. The van der Waals surface area contributed by atoms with Crippen LogP contribution in [0.2, 0.25) is 0 Å². The SMILES string of the molecule is NCc1cccc2cc(Cc3ccccc3)ccc12. The summed E-state index contributed by atoms with van der Waals surface area (Å²) >= 11 is 0. The lowest BCUT2D eigenvalue weighted by Gasteiger charge is -2.07. The molecule has 0 bridgehead atoms. The Labute approximate surface area is 113 Å². The Morgan fingerprint density at radius 3 is 2.37 bits per heavy atom. The number of hydrogen-bond acceptors (Lipinski definition) is 1. The normalized spacial score (nSPS) is 10.8. The zero-order chi connectivity index (χ0) is 13.1. The highest BCUT2D eigenvalue weighted by Crippen LogP contribution is 2.21. The minimum atomic E-state index is 0.593. The Bertz CT molecular complexity index is 686. The summed E-state index contributed by atoms with van der Waals surface area (Å²) in [7, 11) is 0. The summed E-state index contributed by atoms with van der Waals surface area (Å²) in [6.07, 6.45) is 0.976. The van der Waals surface area contributed by atoms with Crippen molar-refractivity contribution in [3.05, 3.63) is 83.4 Å². The van der Waals surface area contributed by atoms with Crippen LogP contribution in [0.15, 0.2) is 66.7 Å². The molecule has 0 saturated heterocycles. The van der Waals surface area contributed by atoms with Gasteiger partial charge in [0.05, 0.1) is 0 Å². The minimum absolute atomic E-state index is 0.593. The second-order valence-corrected chi connectivity index (χ2v) is 4.84. The van der Waals surface area contributed by atoms with Crippen LogP contribution in [0.25, 0.3) is 10.8 Å². The molecule has 3 aromatic carbocycles. The summed E-state index contributed by atoms with van der Waals surface area (Å²) in [6, 6.07) is 23.6. The Morgan fingerprint density at radius 1 is 0.737 bits per heavy atom. The van der Waals surface area contributed by atoms with Gasteiger partial charge in [-0.25, -0.2) is 0 Å². The Morgan fingerprint density at radius 2 is 1.58 bits per heavy atom. The van der Waals surface area contributed by atoms with Gasteiger partial charge in [-0.1, -0.05) is 66.7 Å². The molecule has 19 heavy (non-hydrogen) atoms. The van der Waals surface area contributed by atoms with Crippen LogP contribution in [0, 0.1) is 0 Å². The Hall–Kier alpha value is -2.12. The molecule has 0 heterocycles. The lowest BCUT2D eigenvalue weighted by Crippen LogP contribution is -1.97. The first-order chi connectivity index (χ1) is 9.36. The maximum atomic E-state index is 5.78. The Balaban J connectivity index is 1.98. The van der Waals surface area contributed by atoms with E-state index in [1.54, 1.807) is 0 Å². The molecule has 0 spiro atoms. The molecule has 0 aliphatic rings. The number of nitrogens with two attached hydrogens (primary N) is 1. The lowest BCUT2D eigenvalue weighted by atomic mass is 9.99. The third kappa shape index (κ3) is 2.51. The van der Waals surface area contributed by atoms with Crippen LogP contribution < -0.4 is 5.73 Å². The predicted octanol–water partition coefficient (Wildman–Crippen LogP) is 3.89. The average molecular weight is 247 g/mol. The van der Waals surface area contributed by atoms with Gasteiger partial charge in [0.15, 0.2) is 0 Å². The molecule has 0 atom stereocenters. The second kappa shape index (κ2) is 5.25. The van der Waals surface area contributed by atoms with Crippen molar-refractivity contribution in [2.75, 3.05) is 0 Å². The van der Waals surface area contributed by atoms with Crippen LogP contribution >= 0.6 is 0 Å². The summed E-state index contributed by atoms with van der Waals surface area (Å²) < 4.78 is 0. The van der Waals surface area contributed by atoms with Gasteiger partial charge in [-0.2, -0.15) is 0 Å². The standard InChI is InChI=1S/C18H17N/c19-13-17-8-4-7-16-12-15(9-10-18(16)17)11-14-5-2-1-3-6-14/h1-10,12H,11,13,19H2. The van der Waals surface area contributed by atoms with E-state index in [4.69, 9.17) is 5.73 Å². The molecule has 0 aliphatic carbocycles. The fourth-order valence-corrected chi connectivity index (χ4v) is 2.52. The first kappa shape index (κ1) is 11.9. The molecular formula is C18H17N. The van der Waals surface area contributed by atoms with Gasteiger partial charge in [-0.05, 0) is 33.9 Å². The number of rotatable bonds is 3. The average Bonchev–Trinajstić information content (AvgIpc) is 2.47. The molecular weight excluding hydrogens is 230 g/mol. The summed E-state index contributed by atoms with van der Waals surface area (Å²) in [4.78, 5) is 0. The molecule has 0 fully saturated rings. The zero-order valence-corrected chi connectivity index (χ0v) is 10.8. The largest absolute Gasteiger partial charge is 0.326 e. The van der Waals surface area contributed by atoms with E-state index in [0.717, 1.165) is 6.42 Å². The zero-order valence-electron chi connectivity index (χ0n) is 10.8. The van der Waals surface area contributed by atoms with Gasteiger partial charge < -0.3 is 5.73 Å². The van der Waals surface area contributed by atoms with Gasteiger partial charge in [-0.15, -0.1) is 0 Å². The monoisotopic (exact) mass is 247 g/mol. The maximum absolute atomic E-state index is 5.78. The van der Waals surface area contributed by atoms with E-state index in [-0.39, 0.29) is 0 Å². The van der Waals surface area contributed by atoms with Crippen LogP contribution in [0.5, 0.6) is 0 Å². The molecule has 94 valence electrons. The van der Waals surface area contributed by atoms with E-state index < -0.39 is 0 Å². The van der Waals surface area contributed by atoms with Gasteiger partial charge >= 0.3 is 0 Å². The number of benzene rings is 3. The first-order valence-corrected chi connectivity index (χ1v) is 6.61. The van der Waals surface area contributed by atoms with Crippen molar-refractivity contribution in [3.8, 4) is 0 Å². The fraction of sp³-hybridized carbons (Fsp3) is 0.111. The molecule has 0 saturated carbocycles. The van der Waals surface area contributed by atoms with E-state index in [9.17, 15) is 0 Å². The highest BCUT2D eigenvalue weighted by Gasteiger charge is 2.01. The molecule has 0 aromatic heterocycles. The van der Waals surface area contributed by atoms with Crippen molar-refractivity contribution in [3.63, 3.8) is 0 Å². The van der Waals surface area contributed by atoms with Crippen molar-refractivity contribution < 1.29 is 0 Å². The van der Waals surface area contributed by atoms with E-state index in [1.807, 2.05) is 0 Å². The topological polar surface area (TPSA) is 26.0 Å². The summed E-state index contributed by atoms with van der Waals surface area (Å²) in [5.74, 6) is 0. The van der Waals surface area contributed by atoms with Gasteiger partial charge in [-0.3, -0.25) is 0 Å². The highest BCUT2D eigenvalue weighted by atomic mass is 14.5. The second-order valence-electron chi connectivity index (χ2n) is 4.84. The fourth-order valence-electron chi connectivity index (χ4n) is 2.52. The van der Waals surface area contributed by atoms with Crippen molar-refractivity contribution in [1.29, 1.82) is 0 Å². The van der Waals surface area contributed by atoms with E-state index in [1.165, 1.54) is 27.5 Å². The van der Waals surface area contributed by atoms with Crippen molar-refractivity contribution in [2.45, 2.75) is 13.0 Å². The van der Waals surface area contributed by atoms with Crippen molar-refractivity contribution in [2.24, 2.45) is 5.73 Å². The lowest BCUT2D eigenvalue weighted by molar-refractivity contribution is 1.09. The van der Waals surface area contributed by atoms with Gasteiger partial charge in [0.1, 0.15) is 0 Å². The smallest absolute Gasteiger partial charge is 0.0184 e. The molecule has 2 N–H and O–H groups in total. The highest BCUT2D eigenvalue weighted by molar-refractivity contribution is 5.86. The molecule has 3 aromatic rings. The molecule has 1 heteroatoms. The summed E-state index contributed by atoms with van der Waals surface area (Å²) in [6.45, 7) is 0.593. The summed E-state index contributed by atoms with van der Waals surface area (Å²) in [5.41, 5.74) is 9.67. The van der Waals surface area contributed by atoms with E-state index >= 15 is 0 Å². The van der Waals surface area contributed by atoms with E-state index in [0.29, 0.717) is 6.54 Å². The maximum Gasteiger partial charge on any atom is 0.0184 e. The van der Waals surface area contributed by atoms with Crippen LogP contribution in [-0.4, -0.2) is 0 Å². The van der Waals surface area contributed by atoms with Crippen molar-refractivity contribution >= 4 is 10.8 Å². The third-order valence-corrected chi connectivity index (χ3v) is 3.51. The molecule has 0 aliphatic heterocycles. The van der Waals surface area contributed by atoms with Gasteiger partial charge in [0, 0.05) is 6.54 Å². The third-order valence-electron chi connectivity index (χ3n) is 3.51. The first-order valence-electron chi connectivity index (χ1n) is 6.61. The summed E-state index contributed by atoms with van der Waals surface area (Å²) in [5, 5.41) is 2.54. The number of fused-ring (bicyclic) bond motifs is 1. The van der Waals surface area contributed by atoms with Gasteiger partial charge in [0.25, 0.3) is 0 Å². The number of hydrogen-bond donors (Lipinski definition) is 1. The van der Waals surface area contributed by atoms with Crippen LogP contribution in [0.1, 0.15) is 16.7 Å². The van der Waals surface area contributed by atoms with Crippen LogP contribution in [0.4, 0.5) is 0 Å². The quantitative estimate of drug-likeness (QED) is 0.746. The van der Waals surface area contributed by atoms with Crippen LogP contribution in [0.3, 0.4) is 0 Å². The molecule has 0 unspecified atom stereocenters. The Kier molecular flexibility index (Phi) is 3.30. The van der Waals surface area contributed by atoms with Gasteiger partial charge in [0.2, 0.25) is 0 Å². The minimum Gasteiger partial charge on any atom is -0.326 e. The molecule has 0 amide bonds. The molecule has 3 rings (SSSR count). The predicted molar refractivity (Wildman–Crippen MR) is 81.1 cm³/mol. The van der Waals surface area contributed by atoms with Crippen molar-refractivity contribution in [1.82, 2.24) is 0 Å². The van der Waals surface area contributed by atoms with Crippen LogP contribution in [-0.2, 0) is 13.0 Å². The van der Waals surface area contributed by atoms with E-state index in [2.05, 4.69) is 66.7 Å².